The summed E-state index contributed by atoms with van der Waals surface area (Å²) in [4.78, 5) is 0.469. The smallest absolute Gasteiger partial charge is 0.207 e. The van der Waals surface area contributed by atoms with Gasteiger partial charge in [-0.1, -0.05) is 49.0 Å². The standard InChI is InChI=1S/C17H26BrNO2S/c1-12(2)15-11-16(18)13(3)10-17(15)22(20,21)19(4)14-8-6-5-7-9-14/h10-12,14H,5-9H2,1-4H3. The van der Waals surface area contributed by atoms with Gasteiger partial charge in [-0.15, -0.1) is 0 Å². The highest BCUT2D eigenvalue weighted by molar-refractivity contribution is 9.10. The summed E-state index contributed by atoms with van der Waals surface area (Å²) in [5.74, 6) is 0.168. The van der Waals surface area contributed by atoms with Gasteiger partial charge in [-0.25, -0.2) is 8.42 Å². The number of sulfonamides is 1. The predicted molar refractivity (Wildman–Crippen MR) is 94.8 cm³/mol. The maximum absolute atomic E-state index is 13.1. The summed E-state index contributed by atoms with van der Waals surface area (Å²) in [5, 5.41) is 0. The number of aryl methyl sites for hydroxylation is 1. The molecule has 0 aromatic heterocycles. The fourth-order valence-electron chi connectivity index (χ4n) is 3.14. The average Bonchev–Trinajstić information content (AvgIpc) is 2.49. The quantitative estimate of drug-likeness (QED) is 0.741. The first-order valence-corrected chi connectivity index (χ1v) is 10.3. The Kier molecular flexibility index (Phi) is 5.73. The Morgan fingerprint density at radius 1 is 1.18 bits per heavy atom. The number of rotatable bonds is 4. The predicted octanol–water partition coefficient (Wildman–Crippen LogP) is 4.83. The van der Waals surface area contributed by atoms with Gasteiger partial charge in [0.15, 0.2) is 0 Å². The number of halogens is 1. The summed E-state index contributed by atoms with van der Waals surface area (Å²) in [6.07, 6.45) is 5.42. The second-order valence-electron chi connectivity index (χ2n) is 6.61. The first kappa shape index (κ1) is 18.0. The van der Waals surface area contributed by atoms with Gasteiger partial charge in [-0.05, 0) is 48.9 Å². The van der Waals surface area contributed by atoms with Crippen molar-refractivity contribution < 1.29 is 8.42 Å². The topological polar surface area (TPSA) is 37.4 Å². The van der Waals surface area contributed by atoms with E-state index in [1.165, 1.54) is 6.42 Å². The van der Waals surface area contributed by atoms with Crippen LogP contribution in [0, 0.1) is 6.92 Å². The lowest BCUT2D eigenvalue weighted by Gasteiger charge is -2.31. The fraction of sp³-hybridized carbons (Fsp3) is 0.647. The van der Waals surface area contributed by atoms with Crippen LogP contribution in [0.3, 0.4) is 0 Å². The second-order valence-corrected chi connectivity index (χ2v) is 9.43. The molecule has 2 rings (SSSR count). The molecule has 0 amide bonds. The molecule has 1 fully saturated rings. The lowest BCUT2D eigenvalue weighted by molar-refractivity contribution is 0.285. The number of benzene rings is 1. The van der Waals surface area contributed by atoms with Crippen LogP contribution in [0.2, 0.25) is 0 Å². The molecule has 0 N–H and O–H groups in total. The van der Waals surface area contributed by atoms with Crippen molar-refractivity contribution in [3.05, 3.63) is 27.7 Å². The monoisotopic (exact) mass is 387 g/mol. The van der Waals surface area contributed by atoms with E-state index in [0.29, 0.717) is 4.90 Å². The Labute approximate surface area is 143 Å². The van der Waals surface area contributed by atoms with Gasteiger partial charge in [0.25, 0.3) is 0 Å². The van der Waals surface area contributed by atoms with Gasteiger partial charge in [0.1, 0.15) is 0 Å². The minimum Gasteiger partial charge on any atom is -0.207 e. The van der Waals surface area contributed by atoms with Gasteiger partial charge in [0.05, 0.1) is 4.90 Å². The Morgan fingerprint density at radius 3 is 2.32 bits per heavy atom. The van der Waals surface area contributed by atoms with Gasteiger partial charge in [0.2, 0.25) is 10.0 Å². The third kappa shape index (κ3) is 3.57. The van der Waals surface area contributed by atoms with Crippen LogP contribution in [0.5, 0.6) is 0 Å². The van der Waals surface area contributed by atoms with Crippen molar-refractivity contribution in [2.75, 3.05) is 7.05 Å². The fourth-order valence-corrected chi connectivity index (χ4v) is 5.33. The molecule has 1 aliphatic rings. The molecule has 5 heteroatoms. The molecule has 0 heterocycles. The van der Waals surface area contributed by atoms with E-state index in [1.54, 1.807) is 11.4 Å². The molecular formula is C17H26BrNO2S. The van der Waals surface area contributed by atoms with E-state index in [4.69, 9.17) is 0 Å². The molecule has 0 radical (unpaired) electrons. The van der Waals surface area contributed by atoms with Gasteiger partial charge in [0, 0.05) is 17.6 Å². The van der Waals surface area contributed by atoms with Crippen molar-refractivity contribution in [1.82, 2.24) is 4.31 Å². The normalized spacial score (nSPS) is 17.4. The Morgan fingerprint density at radius 2 is 1.77 bits per heavy atom. The van der Waals surface area contributed by atoms with Crippen molar-refractivity contribution in [2.45, 2.75) is 69.7 Å². The number of nitrogens with zero attached hydrogens (tertiary/aromatic N) is 1. The minimum atomic E-state index is -3.44. The van der Waals surface area contributed by atoms with Crippen LogP contribution in [0.25, 0.3) is 0 Å². The summed E-state index contributed by atoms with van der Waals surface area (Å²) < 4.78 is 28.8. The third-order valence-corrected chi connectivity index (χ3v) is 7.48. The van der Waals surface area contributed by atoms with E-state index < -0.39 is 10.0 Å². The molecular weight excluding hydrogens is 362 g/mol. The van der Waals surface area contributed by atoms with E-state index in [0.717, 1.165) is 41.3 Å². The van der Waals surface area contributed by atoms with E-state index in [-0.39, 0.29) is 12.0 Å². The van der Waals surface area contributed by atoms with E-state index in [2.05, 4.69) is 15.9 Å². The van der Waals surface area contributed by atoms with Gasteiger partial charge < -0.3 is 0 Å². The zero-order valence-corrected chi connectivity index (χ0v) is 16.3. The van der Waals surface area contributed by atoms with Crippen molar-refractivity contribution in [3.63, 3.8) is 0 Å². The van der Waals surface area contributed by atoms with Crippen molar-refractivity contribution in [2.24, 2.45) is 0 Å². The molecule has 22 heavy (non-hydrogen) atoms. The van der Waals surface area contributed by atoms with E-state index in [1.807, 2.05) is 32.9 Å². The van der Waals surface area contributed by atoms with Crippen LogP contribution in [0.15, 0.2) is 21.5 Å². The van der Waals surface area contributed by atoms with Crippen LogP contribution in [0.4, 0.5) is 0 Å². The van der Waals surface area contributed by atoms with Gasteiger partial charge in [-0.2, -0.15) is 4.31 Å². The minimum absolute atomic E-state index is 0.141. The molecule has 0 bridgehead atoms. The highest BCUT2D eigenvalue weighted by Gasteiger charge is 2.31. The zero-order valence-electron chi connectivity index (χ0n) is 13.9. The lowest BCUT2D eigenvalue weighted by atomic mass is 9.96. The first-order chi connectivity index (χ1) is 10.2. The molecule has 0 atom stereocenters. The molecule has 1 aliphatic carbocycles. The highest BCUT2D eigenvalue weighted by atomic mass is 79.9. The maximum atomic E-state index is 13.1. The average molecular weight is 388 g/mol. The molecule has 124 valence electrons. The first-order valence-electron chi connectivity index (χ1n) is 8.03. The highest BCUT2D eigenvalue weighted by Crippen LogP contribution is 2.33. The summed E-state index contributed by atoms with van der Waals surface area (Å²) in [6, 6.07) is 3.91. The summed E-state index contributed by atoms with van der Waals surface area (Å²) in [6.45, 7) is 6.02. The summed E-state index contributed by atoms with van der Waals surface area (Å²) >= 11 is 3.52. The Balaban J connectivity index is 2.46. The van der Waals surface area contributed by atoms with E-state index in [9.17, 15) is 8.42 Å². The number of hydrogen-bond acceptors (Lipinski definition) is 2. The molecule has 0 unspecified atom stereocenters. The van der Waals surface area contributed by atoms with Crippen LogP contribution in [-0.4, -0.2) is 25.8 Å². The van der Waals surface area contributed by atoms with E-state index >= 15 is 0 Å². The summed E-state index contributed by atoms with van der Waals surface area (Å²) in [5.41, 5.74) is 1.85. The summed E-state index contributed by atoms with van der Waals surface area (Å²) in [7, 11) is -1.70. The van der Waals surface area contributed by atoms with Crippen LogP contribution >= 0.6 is 15.9 Å². The van der Waals surface area contributed by atoms with Crippen LogP contribution < -0.4 is 0 Å². The molecule has 1 saturated carbocycles. The molecule has 3 nitrogen and oxygen atoms in total. The number of hydrogen-bond donors (Lipinski definition) is 0. The van der Waals surface area contributed by atoms with Crippen molar-refractivity contribution in [3.8, 4) is 0 Å². The van der Waals surface area contributed by atoms with Gasteiger partial charge >= 0.3 is 0 Å². The zero-order chi connectivity index (χ0) is 16.5. The van der Waals surface area contributed by atoms with Crippen molar-refractivity contribution >= 4 is 26.0 Å². The third-order valence-electron chi connectivity index (χ3n) is 4.66. The molecule has 1 aromatic carbocycles. The Bertz CT molecular complexity index is 634. The molecule has 1 aromatic rings. The van der Waals surface area contributed by atoms with Crippen molar-refractivity contribution in [1.29, 1.82) is 0 Å². The molecule has 0 spiro atoms. The SMILES string of the molecule is Cc1cc(S(=O)(=O)N(C)C2CCCCC2)c(C(C)C)cc1Br. The van der Waals surface area contributed by atoms with Gasteiger partial charge in [-0.3, -0.25) is 0 Å². The maximum Gasteiger partial charge on any atom is 0.243 e. The largest absolute Gasteiger partial charge is 0.243 e. The second kappa shape index (κ2) is 7.02. The van der Waals surface area contributed by atoms with Crippen LogP contribution in [0.1, 0.15) is 63.0 Å². The van der Waals surface area contributed by atoms with Crippen LogP contribution in [-0.2, 0) is 10.0 Å². The Hall–Kier alpha value is -0.390. The molecule has 0 aliphatic heterocycles. The lowest BCUT2D eigenvalue weighted by Crippen LogP contribution is -2.38. The molecule has 0 saturated heterocycles.